The fourth-order valence-electron chi connectivity index (χ4n) is 3.34. The molecule has 0 unspecified atom stereocenters. The molecule has 0 saturated carbocycles. The molecule has 0 aromatic carbocycles. The fraction of sp³-hybridized carbons (Fsp3) is 0.938. The number of likely N-dealkylation sites (tertiary alicyclic amines) is 2. The molecule has 0 aliphatic carbocycles. The van der Waals surface area contributed by atoms with Crippen LogP contribution in [0.3, 0.4) is 0 Å². The van der Waals surface area contributed by atoms with Gasteiger partial charge in [-0.2, -0.15) is 0 Å². The summed E-state index contributed by atoms with van der Waals surface area (Å²) in [6.07, 6.45) is 1.42. The molecule has 2 atom stereocenters. The second-order valence-corrected chi connectivity index (χ2v) is 7.75. The van der Waals surface area contributed by atoms with Crippen molar-refractivity contribution in [2.45, 2.75) is 57.4 Å². The van der Waals surface area contributed by atoms with E-state index < -0.39 is 11.7 Å². The highest BCUT2D eigenvalue weighted by Gasteiger charge is 2.40. The number of carbonyl (C=O) groups excluding carboxylic acids is 1. The van der Waals surface area contributed by atoms with Crippen LogP contribution in [0.15, 0.2) is 0 Å². The standard InChI is InChI=1S/C16H31N3O3/c1-16(2,3)22-15(21)19-10-13(14(20)11-19)18-8-6-12(7-9-18)17(4)5/h12-14,20H,6-11H2,1-5H3/t13-,14-/m1/s1. The SMILES string of the molecule is CN(C)C1CCN([C@@H]2CN(C(=O)OC(C)(C)C)C[C@H]2O)CC1. The van der Waals surface area contributed by atoms with Crippen molar-refractivity contribution < 1.29 is 14.6 Å². The Morgan fingerprint density at radius 1 is 1.18 bits per heavy atom. The van der Waals surface area contributed by atoms with Crippen molar-refractivity contribution in [2.75, 3.05) is 40.3 Å². The van der Waals surface area contributed by atoms with Crippen LogP contribution in [0.5, 0.6) is 0 Å². The molecule has 2 fully saturated rings. The number of ether oxygens (including phenoxy) is 1. The molecular formula is C16H31N3O3. The highest BCUT2D eigenvalue weighted by Crippen LogP contribution is 2.23. The van der Waals surface area contributed by atoms with E-state index in [4.69, 9.17) is 4.74 Å². The Balaban J connectivity index is 1.88. The molecular weight excluding hydrogens is 282 g/mol. The zero-order valence-corrected chi connectivity index (χ0v) is 14.6. The van der Waals surface area contributed by atoms with E-state index >= 15 is 0 Å². The van der Waals surface area contributed by atoms with Gasteiger partial charge in [-0.15, -0.1) is 0 Å². The summed E-state index contributed by atoms with van der Waals surface area (Å²) in [6.45, 7) is 8.47. The number of carbonyl (C=O) groups is 1. The molecule has 6 heteroatoms. The van der Waals surface area contributed by atoms with E-state index in [-0.39, 0.29) is 12.1 Å². The largest absolute Gasteiger partial charge is 0.444 e. The molecule has 2 aliphatic heterocycles. The number of hydrogen-bond donors (Lipinski definition) is 1. The molecule has 0 aromatic rings. The molecule has 0 spiro atoms. The molecule has 1 amide bonds. The van der Waals surface area contributed by atoms with Crippen molar-refractivity contribution in [1.29, 1.82) is 0 Å². The molecule has 2 aliphatic rings. The van der Waals surface area contributed by atoms with E-state index in [9.17, 15) is 9.90 Å². The first-order chi connectivity index (χ1) is 10.2. The smallest absolute Gasteiger partial charge is 0.410 e. The van der Waals surface area contributed by atoms with Crippen LogP contribution in [0.25, 0.3) is 0 Å². The van der Waals surface area contributed by atoms with Gasteiger partial charge in [0.2, 0.25) is 0 Å². The Labute approximate surface area is 134 Å². The average molecular weight is 313 g/mol. The number of aliphatic hydroxyl groups is 1. The van der Waals surface area contributed by atoms with Gasteiger partial charge in [0.05, 0.1) is 18.7 Å². The number of amides is 1. The lowest BCUT2D eigenvalue weighted by Gasteiger charge is -2.39. The number of hydrogen-bond acceptors (Lipinski definition) is 5. The lowest BCUT2D eigenvalue weighted by molar-refractivity contribution is 0.0268. The van der Waals surface area contributed by atoms with Crippen LogP contribution in [-0.2, 0) is 4.74 Å². The minimum absolute atomic E-state index is 0.0376. The molecule has 22 heavy (non-hydrogen) atoms. The monoisotopic (exact) mass is 313 g/mol. The van der Waals surface area contributed by atoms with Crippen LogP contribution in [-0.4, -0.2) is 90.0 Å². The first-order valence-corrected chi connectivity index (χ1v) is 8.24. The van der Waals surface area contributed by atoms with Crippen molar-refractivity contribution in [3.8, 4) is 0 Å². The van der Waals surface area contributed by atoms with Crippen LogP contribution >= 0.6 is 0 Å². The zero-order chi connectivity index (χ0) is 16.5. The van der Waals surface area contributed by atoms with Gasteiger partial charge in [-0.25, -0.2) is 4.79 Å². The third-order valence-corrected chi connectivity index (χ3v) is 4.61. The predicted octanol–water partition coefficient (Wildman–Crippen LogP) is 0.993. The van der Waals surface area contributed by atoms with E-state index in [0.717, 1.165) is 25.9 Å². The van der Waals surface area contributed by atoms with Gasteiger partial charge in [0.15, 0.2) is 0 Å². The molecule has 1 N–H and O–H groups in total. The Morgan fingerprint density at radius 2 is 1.77 bits per heavy atom. The van der Waals surface area contributed by atoms with E-state index in [1.165, 1.54) is 0 Å². The fourth-order valence-corrected chi connectivity index (χ4v) is 3.34. The van der Waals surface area contributed by atoms with Gasteiger partial charge < -0.3 is 19.6 Å². The summed E-state index contributed by atoms with van der Waals surface area (Å²) in [5, 5.41) is 10.3. The van der Waals surface area contributed by atoms with Gasteiger partial charge in [0.1, 0.15) is 5.60 Å². The van der Waals surface area contributed by atoms with Crippen LogP contribution in [0, 0.1) is 0 Å². The van der Waals surface area contributed by atoms with Gasteiger partial charge in [-0.3, -0.25) is 4.90 Å². The Morgan fingerprint density at radius 3 is 2.27 bits per heavy atom. The van der Waals surface area contributed by atoms with Crippen LogP contribution in [0.4, 0.5) is 4.79 Å². The van der Waals surface area contributed by atoms with Crippen molar-refractivity contribution in [3.05, 3.63) is 0 Å². The van der Waals surface area contributed by atoms with E-state index in [2.05, 4.69) is 23.9 Å². The van der Waals surface area contributed by atoms with E-state index in [0.29, 0.717) is 19.1 Å². The summed E-state index contributed by atoms with van der Waals surface area (Å²) < 4.78 is 5.40. The average Bonchev–Trinajstić information content (AvgIpc) is 2.79. The summed E-state index contributed by atoms with van der Waals surface area (Å²) in [6, 6.07) is 0.660. The second kappa shape index (κ2) is 6.72. The first-order valence-electron chi connectivity index (χ1n) is 8.24. The lowest BCUT2D eigenvalue weighted by Crippen LogP contribution is -2.50. The summed E-state index contributed by atoms with van der Waals surface area (Å²) in [5.74, 6) is 0. The zero-order valence-electron chi connectivity index (χ0n) is 14.6. The molecule has 0 radical (unpaired) electrons. The minimum atomic E-state index is -0.496. The Hall–Kier alpha value is -0.850. The molecule has 0 bridgehead atoms. The van der Waals surface area contributed by atoms with E-state index in [1.54, 1.807) is 4.90 Å². The maximum absolute atomic E-state index is 12.1. The summed E-state index contributed by atoms with van der Waals surface area (Å²) in [7, 11) is 4.24. The molecule has 0 aromatic heterocycles. The lowest BCUT2D eigenvalue weighted by atomic mass is 10.0. The maximum atomic E-state index is 12.1. The first kappa shape index (κ1) is 17.5. The van der Waals surface area contributed by atoms with Crippen LogP contribution in [0.2, 0.25) is 0 Å². The van der Waals surface area contributed by atoms with Gasteiger partial charge in [-0.05, 0) is 47.7 Å². The topological polar surface area (TPSA) is 56.2 Å². The summed E-state index contributed by atoms with van der Waals surface area (Å²) in [4.78, 5) is 18.4. The highest BCUT2D eigenvalue weighted by atomic mass is 16.6. The molecule has 128 valence electrons. The quantitative estimate of drug-likeness (QED) is 0.824. The van der Waals surface area contributed by atoms with Gasteiger partial charge >= 0.3 is 6.09 Å². The number of rotatable bonds is 2. The third kappa shape index (κ3) is 4.33. The maximum Gasteiger partial charge on any atom is 0.410 e. The summed E-state index contributed by atoms with van der Waals surface area (Å²) >= 11 is 0. The highest BCUT2D eigenvalue weighted by molar-refractivity contribution is 5.68. The Bertz CT molecular complexity index is 387. The number of β-amino-alcohol motifs (C(OH)–C–C–N with tert-alkyl or cyclic N) is 1. The normalized spacial score (nSPS) is 28.4. The summed E-state index contributed by atoms with van der Waals surface area (Å²) in [5.41, 5.74) is -0.496. The van der Waals surface area contributed by atoms with Gasteiger partial charge in [-0.1, -0.05) is 0 Å². The van der Waals surface area contributed by atoms with Crippen molar-refractivity contribution >= 4 is 6.09 Å². The van der Waals surface area contributed by atoms with Gasteiger partial charge in [0.25, 0.3) is 0 Å². The number of aliphatic hydroxyl groups excluding tert-OH is 1. The number of nitrogens with zero attached hydrogens (tertiary/aromatic N) is 3. The molecule has 2 heterocycles. The molecule has 6 nitrogen and oxygen atoms in total. The van der Waals surface area contributed by atoms with Crippen LogP contribution < -0.4 is 0 Å². The number of piperidine rings is 1. The second-order valence-electron chi connectivity index (χ2n) is 7.75. The van der Waals surface area contributed by atoms with Crippen molar-refractivity contribution in [2.24, 2.45) is 0 Å². The Kier molecular flexibility index (Phi) is 5.35. The minimum Gasteiger partial charge on any atom is -0.444 e. The van der Waals surface area contributed by atoms with Crippen molar-refractivity contribution in [3.63, 3.8) is 0 Å². The van der Waals surface area contributed by atoms with Crippen LogP contribution in [0.1, 0.15) is 33.6 Å². The third-order valence-electron chi connectivity index (χ3n) is 4.61. The van der Waals surface area contributed by atoms with Gasteiger partial charge in [0, 0.05) is 25.7 Å². The predicted molar refractivity (Wildman–Crippen MR) is 85.9 cm³/mol. The van der Waals surface area contributed by atoms with Crippen molar-refractivity contribution in [1.82, 2.24) is 14.7 Å². The molecule has 2 saturated heterocycles. The molecule has 2 rings (SSSR count). The van der Waals surface area contributed by atoms with E-state index in [1.807, 2.05) is 20.8 Å².